The first kappa shape index (κ1) is 22.2. The van der Waals surface area contributed by atoms with E-state index in [0.717, 1.165) is 17.3 Å². The van der Waals surface area contributed by atoms with Crippen molar-refractivity contribution in [3.8, 4) is 11.3 Å². The number of nitrogens with one attached hydrogen (secondary N) is 1. The molecule has 5 rings (SSSR count). The summed E-state index contributed by atoms with van der Waals surface area (Å²) in [5, 5.41) is 7.43. The third-order valence-electron chi connectivity index (χ3n) is 6.25. The molecule has 1 atom stereocenters. The average molecular weight is 472 g/mol. The normalized spacial score (nSPS) is 19.9. The highest BCUT2D eigenvalue weighted by molar-refractivity contribution is 5.74. The zero-order chi connectivity index (χ0) is 23.9. The van der Waals surface area contributed by atoms with Crippen LogP contribution < -0.4 is 11.1 Å². The second-order valence-corrected chi connectivity index (χ2v) is 8.45. The number of hydrogen-bond acceptors (Lipinski definition) is 5. The number of halogens is 3. The summed E-state index contributed by atoms with van der Waals surface area (Å²) in [6.07, 6.45) is -2.77. The zero-order valence-corrected chi connectivity index (χ0v) is 18.2. The van der Waals surface area contributed by atoms with Gasteiger partial charge in [-0.1, -0.05) is 30.3 Å². The SMILES string of the molecule is Nc1ncc(-c2cc3n(n2)CCOC32CCN(C(=O)NCc3ccccc3)C2)cc1C(F)(F)F. The molecule has 4 heterocycles. The average Bonchev–Trinajstić information content (AvgIpc) is 3.44. The molecule has 3 N–H and O–H groups in total. The van der Waals surface area contributed by atoms with E-state index in [4.69, 9.17) is 10.5 Å². The zero-order valence-electron chi connectivity index (χ0n) is 18.2. The predicted molar refractivity (Wildman–Crippen MR) is 117 cm³/mol. The van der Waals surface area contributed by atoms with Crippen LogP contribution >= 0.6 is 0 Å². The van der Waals surface area contributed by atoms with Crippen molar-refractivity contribution < 1.29 is 22.7 Å². The number of hydrogen-bond donors (Lipinski definition) is 2. The van der Waals surface area contributed by atoms with Gasteiger partial charge in [-0.15, -0.1) is 0 Å². The largest absolute Gasteiger partial charge is 0.419 e. The quantitative estimate of drug-likeness (QED) is 0.609. The molecule has 3 aromatic rings. The van der Waals surface area contributed by atoms with Gasteiger partial charge in [-0.25, -0.2) is 9.78 Å². The number of anilines is 1. The van der Waals surface area contributed by atoms with Gasteiger partial charge in [0.25, 0.3) is 0 Å². The molecule has 178 valence electrons. The number of benzene rings is 1. The lowest BCUT2D eigenvalue weighted by molar-refractivity contribution is -0.137. The van der Waals surface area contributed by atoms with Crippen molar-refractivity contribution in [1.82, 2.24) is 25.0 Å². The number of nitrogens with two attached hydrogens (primary N) is 1. The van der Waals surface area contributed by atoms with E-state index >= 15 is 0 Å². The summed E-state index contributed by atoms with van der Waals surface area (Å²) in [5.41, 5.74) is 5.97. The minimum absolute atomic E-state index is 0.196. The standard InChI is InChI=1S/C23H23F3N6O2/c24-23(25,26)17-10-16(13-28-20(17)27)18-11-19-22(34-9-8-32(19)30-18)6-7-31(14-22)21(33)29-12-15-4-2-1-3-5-15/h1-5,10-11,13H,6-9,12,14H2,(H2,27,28)(H,29,33). The van der Waals surface area contributed by atoms with Crippen LogP contribution in [-0.2, 0) is 29.6 Å². The van der Waals surface area contributed by atoms with E-state index < -0.39 is 23.2 Å². The molecule has 1 spiro atoms. The van der Waals surface area contributed by atoms with E-state index in [1.807, 2.05) is 30.3 Å². The fourth-order valence-electron chi connectivity index (χ4n) is 4.51. The summed E-state index contributed by atoms with van der Waals surface area (Å²) < 4.78 is 47.8. The first-order valence-corrected chi connectivity index (χ1v) is 10.9. The highest BCUT2D eigenvalue weighted by Crippen LogP contribution is 2.41. The fourth-order valence-corrected chi connectivity index (χ4v) is 4.51. The Morgan fingerprint density at radius 3 is 2.76 bits per heavy atom. The Balaban J connectivity index is 1.36. The first-order valence-electron chi connectivity index (χ1n) is 10.9. The molecule has 2 aliphatic heterocycles. The lowest BCUT2D eigenvalue weighted by Gasteiger charge is -2.34. The molecule has 2 aliphatic rings. The number of rotatable bonds is 3. The summed E-state index contributed by atoms with van der Waals surface area (Å²) in [5.74, 6) is -0.576. The number of urea groups is 1. The van der Waals surface area contributed by atoms with Gasteiger partial charge in [0.05, 0.1) is 36.6 Å². The Morgan fingerprint density at radius 1 is 1.21 bits per heavy atom. The molecule has 2 amide bonds. The van der Waals surface area contributed by atoms with Gasteiger partial charge in [-0.05, 0) is 17.7 Å². The van der Waals surface area contributed by atoms with Gasteiger partial charge in [-0.2, -0.15) is 18.3 Å². The number of alkyl halides is 3. The molecule has 0 bridgehead atoms. The van der Waals surface area contributed by atoms with E-state index in [0.29, 0.717) is 44.9 Å². The Kier molecular flexibility index (Phi) is 5.43. The van der Waals surface area contributed by atoms with Crippen molar-refractivity contribution in [2.75, 3.05) is 25.4 Å². The van der Waals surface area contributed by atoms with Gasteiger partial charge in [0.15, 0.2) is 0 Å². The van der Waals surface area contributed by atoms with Crippen LogP contribution in [0.5, 0.6) is 0 Å². The summed E-state index contributed by atoms with van der Waals surface area (Å²) in [6.45, 7) is 2.08. The predicted octanol–water partition coefficient (Wildman–Crippen LogP) is 3.39. The van der Waals surface area contributed by atoms with E-state index in [2.05, 4.69) is 15.4 Å². The lowest BCUT2D eigenvalue weighted by atomic mass is 9.96. The number of carbonyl (C=O) groups is 1. The van der Waals surface area contributed by atoms with Crippen LogP contribution in [-0.4, -0.2) is 45.4 Å². The van der Waals surface area contributed by atoms with E-state index in [9.17, 15) is 18.0 Å². The van der Waals surface area contributed by atoms with Crippen LogP contribution in [0.2, 0.25) is 0 Å². The number of aromatic nitrogens is 3. The smallest absolute Gasteiger partial charge is 0.383 e. The Morgan fingerprint density at radius 2 is 2.00 bits per heavy atom. The molecule has 11 heteroatoms. The third kappa shape index (κ3) is 4.07. The third-order valence-corrected chi connectivity index (χ3v) is 6.25. The van der Waals surface area contributed by atoms with Crippen molar-refractivity contribution in [2.24, 2.45) is 0 Å². The fraction of sp³-hybridized carbons (Fsp3) is 0.348. The van der Waals surface area contributed by atoms with Crippen LogP contribution in [0.25, 0.3) is 11.3 Å². The second-order valence-electron chi connectivity index (χ2n) is 8.45. The van der Waals surface area contributed by atoms with E-state index in [1.54, 1.807) is 15.6 Å². The summed E-state index contributed by atoms with van der Waals surface area (Å²) in [7, 11) is 0. The molecule has 1 saturated heterocycles. The maximum atomic E-state index is 13.3. The Bertz CT molecular complexity index is 1210. The molecule has 0 radical (unpaired) electrons. The van der Waals surface area contributed by atoms with E-state index in [-0.39, 0.29) is 11.6 Å². The number of carbonyl (C=O) groups excluding carboxylic acids is 1. The van der Waals surface area contributed by atoms with Crippen LogP contribution in [0.15, 0.2) is 48.7 Å². The highest BCUT2D eigenvalue weighted by Gasteiger charge is 2.47. The van der Waals surface area contributed by atoms with Gasteiger partial charge in [0.2, 0.25) is 0 Å². The Labute approximate surface area is 193 Å². The maximum absolute atomic E-state index is 13.3. The van der Waals surface area contributed by atoms with Gasteiger partial charge in [-0.3, -0.25) is 4.68 Å². The topological polar surface area (TPSA) is 98.3 Å². The van der Waals surface area contributed by atoms with Crippen LogP contribution in [0, 0.1) is 0 Å². The molecule has 2 aromatic heterocycles. The summed E-state index contributed by atoms with van der Waals surface area (Å²) in [6, 6.07) is 12.1. The molecular weight excluding hydrogens is 449 g/mol. The van der Waals surface area contributed by atoms with Gasteiger partial charge >= 0.3 is 12.2 Å². The molecule has 34 heavy (non-hydrogen) atoms. The Hall–Kier alpha value is -3.60. The van der Waals surface area contributed by atoms with Crippen molar-refractivity contribution in [1.29, 1.82) is 0 Å². The number of nitrogens with zero attached hydrogens (tertiary/aromatic N) is 4. The van der Waals surface area contributed by atoms with Crippen LogP contribution in [0.1, 0.15) is 23.2 Å². The van der Waals surface area contributed by atoms with Crippen LogP contribution in [0.4, 0.5) is 23.8 Å². The number of amides is 2. The van der Waals surface area contributed by atoms with Gasteiger partial charge in [0.1, 0.15) is 11.4 Å². The molecule has 1 fully saturated rings. The van der Waals surface area contributed by atoms with Gasteiger partial charge < -0.3 is 20.7 Å². The van der Waals surface area contributed by atoms with Crippen molar-refractivity contribution in [3.05, 3.63) is 65.5 Å². The molecule has 1 aromatic carbocycles. The monoisotopic (exact) mass is 472 g/mol. The second kappa shape index (κ2) is 8.32. The van der Waals surface area contributed by atoms with Crippen LogP contribution in [0.3, 0.4) is 0 Å². The molecule has 8 nitrogen and oxygen atoms in total. The first-order chi connectivity index (χ1) is 16.2. The van der Waals surface area contributed by atoms with Crippen molar-refractivity contribution in [3.63, 3.8) is 0 Å². The molecule has 1 unspecified atom stereocenters. The molecule has 0 aliphatic carbocycles. The number of nitrogen functional groups attached to an aromatic ring is 1. The minimum Gasteiger partial charge on any atom is -0.383 e. The van der Waals surface area contributed by atoms with Gasteiger partial charge in [0, 0.05) is 31.3 Å². The van der Waals surface area contributed by atoms with Crippen molar-refractivity contribution >= 4 is 11.8 Å². The highest BCUT2D eigenvalue weighted by atomic mass is 19.4. The minimum atomic E-state index is -4.62. The molecule has 0 saturated carbocycles. The number of fused-ring (bicyclic) bond motifs is 2. The summed E-state index contributed by atoms with van der Waals surface area (Å²) in [4.78, 5) is 18.2. The maximum Gasteiger partial charge on any atom is 0.419 e. The number of ether oxygens (including phenoxy) is 1. The summed E-state index contributed by atoms with van der Waals surface area (Å²) >= 11 is 0. The number of pyridine rings is 1. The molecular formula is C23H23F3N6O2. The number of likely N-dealkylation sites (tertiary alicyclic amines) is 1. The van der Waals surface area contributed by atoms with E-state index in [1.165, 1.54) is 6.20 Å². The van der Waals surface area contributed by atoms with Crippen molar-refractivity contribution in [2.45, 2.75) is 31.3 Å². The lowest BCUT2D eigenvalue weighted by Crippen LogP contribution is -2.44.